The smallest absolute Gasteiger partial charge is 0.204 e. The molecular formula is C10H11N5. The van der Waals surface area contributed by atoms with E-state index >= 15 is 0 Å². The van der Waals surface area contributed by atoms with E-state index < -0.39 is 0 Å². The Hall–Kier alpha value is -2.01. The molecule has 0 fully saturated rings. The second-order valence-corrected chi connectivity index (χ2v) is 3.00. The van der Waals surface area contributed by atoms with E-state index in [1.54, 1.807) is 0 Å². The third-order valence-electron chi connectivity index (χ3n) is 1.94. The van der Waals surface area contributed by atoms with Crippen LogP contribution in [0.3, 0.4) is 0 Å². The van der Waals surface area contributed by atoms with Gasteiger partial charge < -0.3 is 5.73 Å². The van der Waals surface area contributed by atoms with Gasteiger partial charge in [-0.05, 0) is 16.8 Å². The summed E-state index contributed by atoms with van der Waals surface area (Å²) in [5.74, 6) is 0.595. The van der Waals surface area contributed by atoms with Crippen LogP contribution >= 0.6 is 0 Å². The van der Waals surface area contributed by atoms with Crippen molar-refractivity contribution >= 4 is 6.08 Å². The lowest BCUT2D eigenvalue weighted by Crippen LogP contribution is -1.92. The van der Waals surface area contributed by atoms with Gasteiger partial charge >= 0.3 is 0 Å². The minimum atomic E-state index is 0.534. The predicted octanol–water partition coefficient (Wildman–Crippen LogP) is 0.839. The molecule has 0 radical (unpaired) electrons. The van der Waals surface area contributed by atoms with Crippen LogP contribution in [0.1, 0.15) is 5.56 Å². The lowest BCUT2D eigenvalue weighted by Gasteiger charge is -1.96. The van der Waals surface area contributed by atoms with Gasteiger partial charge in [0.25, 0.3) is 0 Å². The van der Waals surface area contributed by atoms with Crippen molar-refractivity contribution < 1.29 is 0 Å². The highest BCUT2D eigenvalue weighted by Gasteiger charge is 2.01. The Labute approximate surface area is 87.0 Å². The van der Waals surface area contributed by atoms with Crippen molar-refractivity contribution in [1.82, 2.24) is 20.6 Å². The molecule has 5 heteroatoms. The number of hydrogen-bond acceptors (Lipinski definition) is 4. The zero-order valence-corrected chi connectivity index (χ0v) is 8.09. The van der Waals surface area contributed by atoms with Crippen molar-refractivity contribution in [2.24, 2.45) is 5.73 Å². The van der Waals surface area contributed by atoms with Gasteiger partial charge in [0.1, 0.15) is 0 Å². The minimum Gasteiger partial charge on any atom is -0.327 e. The van der Waals surface area contributed by atoms with Crippen molar-refractivity contribution in [1.29, 1.82) is 0 Å². The maximum absolute atomic E-state index is 5.38. The summed E-state index contributed by atoms with van der Waals surface area (Å²) in [5, 5.41) is 13.8. The van der Waals surface area contributed by atoms with Gasteiger partial charge in [0.15, 0.2) is 0 Å². The maximum Gasteiger partial charge on any atom is 0.204 e. The molecule has 0 aliphatic rings. The first kappa shape index (κ1) is 9.54. The Morgan fingerprint density at radius 3 is 3.07 bits per heavy atom. The first-order valence-electron chi connectivity index (χ1n) is 4.60. The molecule has 1 heterocycles. The van der Waals surface area contributed by atoms with Crippen molar-refractivity contribution in [3.63, 3.8) is 0 Å². The Morgan fingerprint density at radius 1 is 1.40 bits per heavy atom. The minimum absolute atomic E-state index is 0.534. The van der Waals surface area contributed by atoms with E-state index in [0.717, 1.165) is 11.1 Å². The summed E-state index contributed by atoms with van der Waals surface area (Å²) < 4.78 is 0. The van der Waals surface area contributed by atoms with Crippen LogP contribution in [0.4, 0.5) is 0 Å². The third kappa shape index (κ3) is 2.26. The van der Waals surface area contributed by atoms with Crippen molar-refractivity contribution in [3.8, 4) is 11.4 Å². The fourth-order valence-electron chi connectivity index (χ4n) is 1.27. The van der Waals surface area contributed by atoms with Crippen molar-refractivity contribution in [3.05, 3.63) is 35.9 Å². The average molecular weight is 201 g/mol. The summed E-state index contributed by atoms with van der Waals surface area (Å²) in [7, 11) is 0. The number of rotatable bonds is 3. The zero-order valence-electron chi connectivity index (χ0n) is 8.09. The molecule has 2 aromatic rings. The molecule has 0 saturated heterocycles. The molecular weight excluding hydrogens is 190 g/mol. The number of nitrogens with two attached hydrogens (primary N) is 1. The Bertz CT molecular complexity index is 447. The van der Waals surface area contributed by atoms with E-state index in [-0.39, 0.29) is 0 Å². The standard InChI is InChI=1S/C10H11N5/c11-6-2-4-8-3-1-5-9(7-8)10-12-14-15-13-10/h1-5,7H,6,11H2,(H,12,13,14,15)/b4-2+. The molecule has 1 aromatic heterocycles. The Morgan fingerprint density at radius 2 is 2.33 bits per heavy atom. The molecule has 0 spiro atoms. The van der Waals surface area contributed by atoms with Crippen LogP contribution in [0.2, 0.25) is 0 Å². The molecule has 0 atom stereocenters. The lowest BCUT2D eigenvalue weighted by molar-refractivity contribution is 0.881. The molecule has 5 nitrogen and oxygen atoms in total. The molecule has 0 saturated carbocycles. The molecule has 0 unspecified atom stereocenters. The predicted molar refractivity (Wildman–Crippen MR) is 57.7 cm³/mol. The number of nitrogens with zero attached hydrogens (tertiary/aromatic N) is 3. The Kier molecular flexibility index (Phi) is 2.85. The normalized spacial score (nSPS) is 11.0. The summed E-state index contributed by atoms with van der Waals surface area (Å²) in [6, 6.07) is 7.86. The second kappa shape index (κ2) is 4.47. The van der Waals surface area contributed by atoms with Gasteiger partial charge in [-0.2, -0.15) is 5.21 Å². The number of benzene rings is 1. The fraction of sp³-hybridized carbons (Fsp3) is 0.100. The molecule has 0 amide bonds. The van der Waals surface area contributed by atoms with Gasteiger partial charge in [0.05, 0.1) is 0 Å². The summed E-state index contributed by atoms with van der Waals surface area (Å²) in [5.41, 5.74) is 7.39. The highest BCUT2D eigenvalue weighted by atomic mass is 15.5. The second-order valence-electron chi connectivity index (χ2n) is 3.00. The first-order chi connectivity index (χ1) is 7.40. The van der Waals surface area contributed by atoms with Gasteiger partial charge in [-0.15, -0.1) is 10.2 Å². The summed E-state index contributed by atoms with van der Waals surface area (Å²) in [6.45, 7) is 0.534. The highest BCUT2D eigenvalue weighted by molar-refractivity contribution is 5.61. The van der Waals surface area contributed by atoms with Crippen LogP contribution < -0.4 is 5.73 Å². The number of hydrogen-bond donors (Lipinski definition) is 2. The van der Waals surface area contributed by atoms with Gasteiger partial charge in [0, 0.05) is 12.1 Å². The summed E-state index contributed by atoms with van der Waals surface area (Å²) in [4.78, 5) is 0. The number of nitrogens with one attached hydrogen (secondary N) is 1. The monoisotopic (exact) mass is 201 g/mol. The van der Waals surface area contributed by atoms with E-state index in [9.17, 15) is 0 Å². The van der Waals surface area contributed by atoms with E-state index in [4.69, 9.17) is 5.73 Å². The summed E-state index contributed by atoms with van der Waals surface area (Å²) in [6.07, 6.45) is 3.86. The van der Waals surface area contributed by atoms with Gasteiger partial charge in [-0.3, -0.25) is 0 Å². The summed E-state index contributed by atoms with van der Waals surface area (Å²) >= 11 is 0. The lowest BCUT2D eigenvalue weighted by atomic mass is 10.1. The van der Waals surface area contributed by atoms with Crippen LogP contribution in [0.25, 0.3) is 17.5 Å². The van der Waals surface area contributed by atoms with E-state index in [0.29, 0.717) is 12.4 Å². The van der Waals surface area contributed by atoms with E-state index in [1.807, 2.05) is 36.4 Å². The molecule has 3 N–H and O–H groups in total. The number of aromatic nitrogens is 4. The van der Waals surface area contributed by atoms with Crippen LogP contribution in [0, 0.1) is 0 Å². The topological polar surface area (TPSA) is 80.5 Å². The molecule has 0 aliphatic carbocycles. The van der Waals surface area contributed by atoms with Gasteiger partial charge in [-0.1, -0.05) is 30.4 Å². The van der Waals surface area contributed by atoms with Crippen LogP contribution in [0.5, 0.6) is 0 Å². The van der Waals surface area contributed by atoms with Crippen LogP contribution in [-0.4, -0.2) is 27.2 Å². The van der Waals surface area contributed by atoms with Gasteiger partial charge in [-0.25, -0.2) is 0 Å². The number of tetrazole rings is 1. The van der Waals surface area contributed by atoms with Gasteiger partial charge in [0.2, 0.25) is 5.82 Å². The van der Waals surface area contributed by atoms with Crippen molar-refractivity contribution in [2.45, 2.75) is 0 Å². The fourth-order valence-corrected chi connectivity index (χ4v) is 1.27. The average Bonchev–Trinajstić information content (AvgIpc) is 2.80. The molecule has 1 aromatic carbocycles. The maximum atomic E-state index is 5.38. The number of aromatic amines is 1. The molecule has 76 valence electrons. The van der Waals surface area contributed by atoms with Crippen LogP contribution in [-0.2, 0) is 0 Å². The first-order valence-corrected chi connectivity index (χ1v) is 4.60. The SMILES string of the molecule is NC/C=C/c1cccc(-c2nn[nH]n2)c1. The molecule has 15 heavy (non-hydrogen) atoms. The van der Waals surface area contributed by atoms with Crippen molar-refractivity contribution in [2.75, 3.05) is 6.54 Å². The zero-order chi connectivity index (χ0) is 10.5. The molecule has 0 bridgehead atoms. The van der Waals surface area contributed by atoms with E-state index in [2.05, 4.69) is 20.6 Å². The highest BCUT2D eigenvalue weighted by Crippen LogP contribution is 2.15. The molecule has 2 rings (SSSR count). The quantitative estimate of drug-likeness (QED) is 0.771. The largest absolute Gasteiger partial charge is 0.327 e. The molecule has 0 aliphatic heterocycles. The van der Waals surface area contributed by atoms with Crippen LogP contribution in [0.15, 0.2) is 30.3 Å². The Balaban J connectivity index is 2.31. The van der Waals surface area contributed by atoms with E-state index in [1.165, 1.54) is 0 Å². The third-order valence-corrected chi connectivity index (χ3v) is 1.94. The number of H-pyrrole nitrogens is 1.